The Balaban J connectivity index is 3.15. The van der Waals surface area contributed by atoms with Gasteiger partial charge in [0.2, 0.25) is 0 Å². The summed E-state index contributed by atoms with van der Waals surface area (Å²) in [6, 6.07) is 6.45. The van der Waals surface area contributed by atoms with Crippen LogP contribution in [0.2, 0.25) is 18.1 Å². The fourth-order valence-electron chi connectivity index (χ4n) is 1.48. The van der Waals surface area contributed by atoms with E-state index in [4.69, 9.17) is 4.43 Å². The Morgan fingerprint density at radius 1 is 1.00 bits per heavy atom. The van der Waals surface area contributed by atoms with E-state index in [-0.39, 0.29) is 10.5 Å². The van der Waals surface area contributed by atoms with Gasteiger partial charge in [0, 0.05) is 0 Å². The van der Waals surface area contributed by atoms with Gasteiger partial charge in [-0.1, -0.05) is 47.6 Å². The van der Waals surface area contributed by atoms with Crippen molar-refractivity contribution in [1.29, 1.82) is 0 Å². The normalized spacial score (nSPS) is 13.5. The highest BCUT2D eigenvalue weighted by atomic mass is 79.9. The minimum absolute atomic E-state index is 0.145. The molecule has 0 aliphatic carbocycles. The van der Waals surface area contributed by atoms with Crippen molar-refractivity contribution in [2.24, 2.45) is 0 Å². The van der Waals surface area contributed by atoms with E-state index >= 15 is 0 Å². The highest BCUT2D eigenvalue weighted by molar-refractivity contribution is 9.10. The fourth-order valence-corrected chi connectivity index (χ4v) is 2.98. The van der Waals surface area contributed by atoms with Crippen molar-refractivity contribution in [1.82, 2.24) is 0 Å². The van der Waals surface area contributed by atoms with E-state index in [1.165, 1.54) is 5.56 Å². The zero-order valence-corrected chi connectivity index (χ0v) is 16.1. The van der Waals surface area contributed by atoms with Crippen molar-refractivity contribution in [2.45, 2.75) is 65.1 Å². The molecule has 0 saturated heterocycles. The average molecular weight is 343 g/mol. The van der Waals surface area contributed by atoms with Crippen molar-refractivity contribution < 1.29 is 4.43 Å². The third-order valence-corrected chi connectivity index (χ3v) is 8.97. The van der Waals surface area contributed by atoms with Crippen LogP contribution in [0.1, 0.15) is 47.1 Å². The third kappa shape index (κ3) is 4.09. The van der Waals surface area contributed by atoms with Gasteiger partial charge in [0.05, 0.1) is 4.47 Å². The summed E-state index contributed by atoms with van der Waals surface area (Å²) in [4.78, 5) is 0. The van der Waals surface area contributed by atoms with Crippen molar-refractivity contribution in [3.63, 3.8) is 0 Å². The molecule has 1 aromatic rings. The summed E-state index contributed by atoms with van der Waals surface area (Å²) >= 11 is 3.61. The number of hydrogen-bond donors (Lipinski definition) is 0. The fraction of sp³-hybridized carbons (Fsp3) is 0.625. The minimum Gasteiger partial charge on any atom is -0.543 e. The van der Waals surface area contributed by atoms with Gasteiger partial charge in [0.25, 0.3) is 8.32 Å². The zero-order chi connectivity index (χ0) is 15.1. The van der Waals surface area contributed by atoms with Crippen LogP contribution >= 0.6 is 15.9 Å². The van der Waals surface area contributed by atoms with Crippen molar-refractivity contribution >= 4 is 24.2 Å². The predicted octanol–water partition coefficient (Wildman–Crippen LogP) is 6.13. The summed E-state index contributed by atoms with van der Waals surface area (Å²) in [5, 5.41) is 0.212. The largest absolute Gasteiger partial charge is 0.543 e. The van der Waals surface area contributed by atoms with Crippen molar-refractivity contribution in [3.8, 4) is 5.75 Å². The second kappa shape index (κ2) is 5.25. The molecule has 0 heterocycles. The Bertz CT molecular complexity index is 453. The van der Waals surface area contributed by atoms with Crippen LogP contribution in [-0.2, 0) is 5.41 Å². The molecule has 0 unspecified atom stereocenters. The molecule has 0 saturated carbocycles. The SMILES string of the molecule is CC(C)(C)c1ccc(Br)c(O[Si](C)(C)C(C)(C)C)c1. The van der Waals surface area contributed by atoms with Crippen LogP contribution in [0.4, 0.5) is 0 Å². The molecule has 19 heavy (non-hydrogen) atoms. The lowest BCUT2D eigenvalue weighted by atomic mass is 9.87. The van der Waals surface area contributed by atoms with Crippen LogP contribution in [-0.4, -0.2) is 8.32 Å². The summed E-state index contributed by atoms with van der Waals surface area (Å²) in [6.07, 6.45) is 0. The first-order chi connectivity index (χ1) is 8.34. The van der Waals surface area contributed by atoms with Gasteiger partial charge in [0.15, 0.2) is 0 Å². The molecular formula is C16H27BrOSi. The molecule has 0 bridgehead atoms. The van der Waals surface area contributed by atoms with E-state index in [1.807, 2.05) is 0 Å². The Morgan fingerprint density at radius 3 is 1.95 bits per heavy atom. The molecule has 0 atom stereocenters. The molecule has 1 rings (SSSR count). The van der Waals surface area contributed by atoms with Gasteiger partial charge < -0.3 is 4.43 Å². The lowest BCUT2D eigenvalue weighted by molar-refractivity contribution is 0.486. The van der Waals surface area contributed by atoms with E-state index < -0.39 is 8.32 Å². The lowest BCUT2D eigenvalue weighted by Crippen LogP contribution is -2.44. The Hall–Kier alpha value is -0.283. The molecular weight excluding hydrogens is 316 g/mol. The summed E-state index contributed by atoms with van der Waals surface area (Å²) in [5.41, 5.74) is 1.45. The van der Waals surface area contributed by atoms with Crippen molar-refractivity contribution in [2.75, 3.05) is 0 Å². The molecule has 0 radical (unpaired) electrons. The molecule has 108 valence electrons. The van der Waals surface area contributed by atoms with Gasteiger partial charge in [-0.25, -0.2) is 0 Å². The average Bonchev–Trinajstić information content (AvgIpc) is 2.17. The molecule has 0 N–H and O–H groups in total. The van der Waals surface area contributed by atoms with E-state index in [1.54, 1.807) is 0 Å². The maximum atomic E-state index is 6.42. The van der Waals surface area contributed by atoms with Crippen molar-refractivity contribution in [3.05, 3.63) is 28.2 Å². The summed E-state index contributed by atoms with van der Waals surface area (Å²) in [5.74, 6) is 0.985. The summed E-state index contributed by atoms with van der Waals surface area (Å²) in [6.45, 7) is 18.0. The van der Waals surface area contributed by atoms with Gasteiger partial charge in [-0.05, 0) is 57.2 Å². The molecule has 1 nitrogen and oxygen atoms in total. The number of rotatable bonds is 2. The number of halogens is 1. The first-order valence-electron chi connectivity index (χ1n) is 6.84. The number of hydrogen-bond acceptors (Lipinski definition) is 1. The molecule has 0 spiro atoms. The molecule has 0 amide bonds. The van der Waals surface area contributed by atoms with Crippen LogP contribution in [0.5, 0.6) is 5.75 Å². The van der Waals surface area contributed by atoms with Crippen LogP contribution < -0.4 is 4.43 Å². The van der Waals surface area contributed by atoms with Gasteiger partial charge in [-0.15, -0.1) is 0 Å². The second-order valence-electron chi connectivity index (χ2n) is 7.76. The van der Waals surface area contributed by atoms with Gasteiger partial charge in [-0.2, -0.15) is 0 Å². The minimum atomic E-state index is -1.79. The van der Waals surface area contributed by atoms with E-state index in [9.17, 15) is 0 Å². The maximum Gasteiger partial charge on any atom is 0.250 e. The van der Waals surface area contributed by atoms with Crippen LogP contribution in [0.3, 0.4) is 0 Å². The lowest BCUT2D eigenvalue weighted by Gasteiger charge is -2.37. The van der Waals surface area contributed by atoms with Gasteiger partial charge >= 0.3 is 0 Å². The Labute approximate surface area is 128 Å². The maximum absolute atomic E-state index is 6.42. The monoisotopic (exact) mass is 342 g/mol. The summed E-state index contributed by atoms with van der Waals surface area (Å²) < 4.78 is 7.47. The van der Waals surface area contributed by atoms with E-state index in [0.29, 0.717) is 0 Å². The summed E-state index contributed by atoms with van der Waals surface area (Å²) in [7, 11) is -1.79. The topological polar surface area (TPSA) is 9.23 Å². The molecule has 0 aromatic heterocycles. The Kier molecular flexibility index (Phi) is 4.63. The molecule has 0 aliphatic heterocycles. The first-order valence-corrected chi connectivity index (χ1v) is 10.5. The molecule has 1 aromatic carbocycles. The van der Waals surface area contributed by atoms with Gasteiger partial charge in [0.1, 0.15) is 5.75 Å². The highest BCUT2D eigenvalue weighted by Gasteiger charge is 2.39. The van der Waals surface area contributed by atoms with Crippen LogP contribution in [0.15, 0.2) is 22.7 Å². The smallest absolute Gasteiger partial charge is 0.250 e. The molecule has 0 fully saturated rings. The zero-order valence-electron chi connectivity index (χ0n) is 13.5. The third-order valence-electron chi connectivity index (χ3n) is 3.97. The number of benzene rings is 1. The van der Waals surface area contributed by atoms with Crippen LogP contribution in [0.25, 0.3) is 0 Å². The predicted molar refractivity (Wildman–Crippen MR) is 90.7 cm³/mol. The van der Waals surface area contributed by atoms with Gasteiger partial charge in [-0.3, -0.25) is 0 Å². The van der Waals surface area contributed by atoms with E-state index in [0.717, 1.165) is 10.2 Å². The molecule has 3 heteroatoms. The molecule has 0 aliphatic rings. The standard InChI is InChI=1S/C16H27BrOSi/c1-15(2,3)12-9-10-13(17)14(11-12)18-19(7,8)16(4,5)6/h9-11H,1-8H3. The first kappa shape index (κ1) is 16.8. The highest BCUT2D eigenvalue weighted by Crippen LogP contribution is 2.40. The van der Waals surface area contributed by atoms with E-state index in [2.05, 4.69) is 88.8 Å². The second-order valence-corrected chi connectivity index (χ2v) is 13.3. The Morgan fingerprint density at radius 2 is 1.53 bits per heavy atom. The quantitative estimate of drug-likeness (QED) is 0.587. The van der Waals surface area contributed by atoms with Crippen LogP contribution in [0, 0.1) is 0 Å².